The lowest BCUT2D eigenvalue weighted by Gasteiger charge is -2.50. The fourth-order valence-electron chi connectivity index (χ4n) is 5.57. The first-order valence-corrected chi connectivity index (χ1v) is 11.9. The van der Waals surface area contributed by atoms with Crippen molar-refractivity contribution in [3.05, 3.63) is 82.4 Å². The Hall–Kier alpha value is -2.99. The molecular formula is C27H33N5O. The fourth-order valence-corrected chi connectivity index (χ4v) is 5.57. The minimum atomic E-state index is 0.0110. The van der Waals surface area contributed by atoms with Crippen LogP contribution in [0.15, 0.2) is 48.5 Å². The molecule has 0 aliphatic carbocycles. The first-order valence-electron chi connectivity index (χ1n) is 11.9. The number of amides is 1. The number of rotatable bonds is 5. The summed E-state index contributed by atoms with van der Waals surface area (Å²) in [5.41, 5.74) is 4.38. The van der Waals surface area contributed by atoms with Gasteiger partial charge in [-0.25, -0.2) is 4.98 Å². The van der Waals surface area contributed by atoms with Gasteiger partial charge in [0.15, 0.2) is 5.82 Å². The van der Waals surface area contributed by atoms with E-state index in [1.807, 2.05) is 30.9 Å². The summed E-state index contributed by atoms with van der Waals surface area (Å²) < 4.78 is 0. The van der Waals surface area contributed by atoms with Gasteiger partial charge in [-0.1, -0.05) is 61.4 Å². The molecule has 6 heteroatoms. The average molecular weight is 444 g/mol. The first kappa shape index (κ1) is 21.8. The lowest BCUT2D eigenvalue weighted by molar-refractivity contribution is 0.00179. The number of H-pyrrole nitrogens is 1. The number of hydrogen-bond acceptors (Lipinski definition) is 4. The van der Waals surface area contributed by atoms with Crippen molar-refractivity contribution in [1.82, 2.24) is 25.0 Å². The molecule has 2 aliphatic heterocycles. The number of hydrogen-bond donors (Lipinski definition) is 1. The van der Waals surface area contributed by atoms with Crippen molar-refractivity contribution in [3.8, 4) is 0 Å². The maximum atomic E-state index is 13.3. The zero-order valence-corrected chi connectivity index (χ0v) is 20.0. The molecule has 5 rings (SSSR count). The molecule has 2 saturated heterocycles. The Labute approximate surface area is 196 Å². The van der Waals surface area contributed by atoms with E-state index < -0.39 is 0 Å². The van der Waals surface area contributed by atoms with Gasteiger partial charge < -0.3 is 4.90 Å². The summed E-state index contributed by atoms with van der Waals surface area (Å²) in [6.45, 7) is 12.6. The summed E-state index contributed by atoms with van der Waals surface area (Å²) in [4.78, 5) is 22.6. The number of aromatic amines is 1. The summed E-state index contributed by atoms with van der Waals surface area (Å²) in [5, 5.41) is 7.72. The molecule has 2 aromatic carbocycles. The van der Waals surface area contributed by atoms with Crippen LogP contribution in [-0.2, 0) is 6.54 Å². The normalized spacial score (nSPS) is 19.9. The second-order valence-corrected chi connectivity index (χ2v) is 10.3. The molecule has 1 N–H and O–H groups in total. The molecule has 0 radical (unpaired) electrons. The summed E-state index contributed by atoms with van der Waals surface area (Å²) in [6, 6.07) is 16.7. The van der Waals surface area contributed by atoms with E-state index in [4.69, 9.17) is 4.98 Å². The Balaban J connectivity index is 1.38. The van der Waals surface area contributed by atoms with Crippen LogP contribution in [0.2, 0.25) is 0 Å². The van der Waals surface area contributed by atoms with Crippen molar-refractivity contribution < 1.29 is 4.79 Å². The van der Waals surface area contributed by atoms with Crippen molar-refractivity contribution >= 4 is 5.91 Å². The SMILES string of the molecule is Cc1cc(C)cc(C(=O)N2CC3(CN(Cc4ccccc4)CC3c3nc(C(C)C)n[nH]3)C2)c1. The van der Waals surface area contributed by atoms with E-state index in [9.17, 15) is 4.79 Å². The van der Waals surface area contributed by atoms with Gasteiger partial charge in [0.1, 0.15) is 5.82 Å². The molecule has 1 spiro atoms. The predicted octanol–water partition coefficient (Wildman–Crippen LogP) is 4.29. The second kappa shape index (κ2) is 8.41. The summed E-state index contributed by atoms with van der Waals surface area (Å²) in [5.74, 6) is 2.49. The number of carbonyl (C=O) groups excluding carboxylic acids is 1. The topological polar surface area (TPSA) is 65.1 Å². The number of benzene rings is 2. The lowest BCUT2D eigenvalue weighted by Crippen LogP contribution is -2.61. The largest absolute Gasteiger partial charge is 0.337 e. The molecular weight excluding hydrogens is 410 g/mol. The molecule has 2 aliphatic rings. The minimum absolute atomic E-state index is 0.0110. The van der Waals surface area contributed by atoms with E-state index in [2.05, 4.69) is 65.3 Å². The van der Waals surface area contributed by atoms with Gasteiger partial charge in [-0.15, -0.1) is 0 Å². The maximum absolute atomic E-state index is 13.3. The Morgan fingerprint density at radius 2 is 1.79 bits per heavy atom. The molecule has 1 aromatic heterocycles. The Morgan fingerprint density at radius 3 is 2.42 bits per heavy atom. The number of nitrogens with one attached hydrogen (secondary N) is 1. The van der Waals surface area contributed by atoms with E-state index >= 15 is 0 Å². The van der Waals surface area contributed by atoms with Crippen LogP contribution in [-0.4, -0.2) is 57.1 Å². The van der Waals surface area contributed by atoms with Crippen LogP contribution in [0.5, 0.6) is 0 Å². The van der Waals surface area contributed by atoms with Gasteiger partial charge in [0.25, 0.3) is 5.91 Å². The van der Waals surface area contributed by atoms with Crippen LogP contribution in [0.25, 0.3) is 0 Å². The van der Waals surface area contributed by atoms with Gasteiger partial charge in [-0.2, -0.15) is 5.10 Å². The maximum Gasteiger partial charge on any atom is 0.253 e. The molecule has 172 valence electrons. The summed E-state index contributed by atoms with van der Waals surface area (Å²) in [6.07, 6.45) is 0. The van der Waals surface area contributed by atoms with Crippen molar-refractivity contribution in [2.24, 2.45) is 5.41 Å². The Kier molecular flexibility index (Phi) is 5.57. The molecule has 1 unspecified atom stereocenters. The highest BCUT2D eigenvalue weighted by molar-refractivity contribution is 5.95. The van der Waals surface area contributed by atoms with E-state index in [0.29, 0.717) is 0 Å². The Bertz CT molecular complexity index is 1130. The van der Waals surface area contributed by atoms with Crippen molar-refractivity contribution in [2.75, 3.05) is 26.2 Å². The smallest absolute Gasteiger partial charge is 0.253 e. The molecule has 6 nitrogen and oxygen atoms in total. The van der Waals surface area contributed by atoms with E-state index in [1.54, 1.807) is 0 Å². The number of aromatic nitrogens is 3. The summed E-state index contributed by atoms with van der Waals surface area (Å²) in [7, 11) is 0. The monoisotopic (exact) mass is 443 g/mol. The highest BCUT2D eigenvalue weighted by Gasteiger charge is 2.56. The third kappa shape index (κ3) is 4.20. The molecule has 2 fully saturated rings. The molecule has 0 bridgehead atoms. The lowest BCUT2D eigenvalue weighted by atomic mass is 9.71. The number of carbonyl (C=O) groups is 1. The third-order valence-electron chi connectivity index (χ3n) is 7.10. The predicted molar refractivity (Wildman–Crippen MR) is 129 cm³/mol. The average Bonchev–Trinajstić information content (AvgIpc) is 3.37. The highest BCUT2D eigenvalue weighted by atomic mass is 16.2. The molecule has 0 saturated carbocycles. The van der Waals surface area contributed by atoms with Gasteiger partial charge >= 0.3 is 0 Å². The first-order chi connectivity index (χ1) is 15.8. The van der Waals surface area contributed by atoms with Gasteiger partial charge in [0.2, 0.25) is 0 Å². The van der Waals surface area contributed by atoms with Crippen molar-refractivity contribution in [1.29, 1.82) is 0 Å². The summed E-state index contributed by atoms with van der Waals surface area (Å²) >= 11 is 0. The van der Waals surface area contributed by atoms with E-state index in [0.717, 1.165) is 61.1 Å². The van der Waals surface area contributed by atoms with Gasteiger partial charge in [0, 0.05) is 55.5 Å². The second-order valence-electron chi connectivity index (χ2n) is 10.3. The van der Waals surface area contributed by atoms with Crippen LogP contribution >= 0.6 is 0 Å². The van der Waals surface area contributed by atoms with Gasteiger partial charge in [-0.05, 0) is 31.5 Å². The van der Waals surface area contributed by atoms with E-state index in [-0.39, 0.29) is 23.2 Å². The van der Waals surface area contributed by atoms with Gasteiger partial charge in [0.05, 0.1) is 0 Å². The third-order valence-corrected chi connectivity index (χ3v) is 7.10. The molecule has 3 aromatic rings. The van der Waals surface area contributed by atoms with Crippen LogP contribution in [0, 0.1) is 19.3 Å². The van der Waals surface area contributed by atoms with Gasteiger partial charge in [-0.3, -0.25) is 14.8 Å². The van der Waals surface area contributed by atoms with Crippen molar-refractivity contribution in [2.45, 2.75) is 46.1 Å². The van der Waals surface area contributed by atoms with Crippen LogP contribution in [0.4, 0.5) is 0 Å². The number of nitrogens with zero attached hydrogens (tertiary/aromatic N) is 4. The van der Waals surface area contributed by atoms with Crippen molar-refractivity contribution in [3.63, 3.8) is 0 Å². The number of likely N-dealkylation sites (tertiary alicyclic amines) is 2. The van der Waals surface area contributed by atoms with Crippen LogP contribution < -0.4 is 0 Å². The quantitative estimate of drug-likeness (QED) is 0.639. The highest BCUT2D eigenvalue weighted by Crippen LogP contribution is 2.49. The standard InChI is InChI=1S/C27H33N5O/c1-18(2)24-28-25(30-29-24)23-14-31(13-21-8-6-5-7-9-21)15-27(23)16-32(17-27)26(33)22-11-19(3)10-20(4)12-22/h5-12,18,23H,13-17H2,1-4H3,(H,28,29,30). The zero-order chi connectivity index (χ0) is 23.2. The van der Waals surface area contributed by atoms with E-state index in [1.165, 1.54) is 5.56 Å². The minimum Gasteiger partial charge on any atom is -0.337 e. The Morgan fingerprint density at radius 1 is 1.09 bits per heavy atom. The molecule has 3 heterocycles. The molecule has 1 atom stereocenters. The fraction of sp³-hybridized carbons (Fsp3) is 0.444. The van der Waals surface area contributed by atoms with Crippen LogP contribution in [0.3, 0.4) is 0 Å². The van der Waals surface area contributed by atoms with Crippen LogP contribution in [0.1, 0.15) is 64.4 Å². The molecule has 33 heavy (non-hydrogen) atoms. The molecule has 1 amide bonds. The zero-order valence-electron chi connectivity index (χ0n) is 20.0. The number of aryl methyl sites for hydroxylation is 2.